The van der Waals surface area contributed by atoms with Crippen molar-refractivity contribution in [3.05, 3.63) is 140 Å². The van der Waals surface area contributed by atoms with Crippen LogP contribution >= 0.6 is 0 Å². The fraction of sp³-hybridized carbons (Fsp3) is 0. The molecule has 2 aliphatic rings. The molecule has 0 radical (unpaired) electrons. The van der Waals surface area contributed by atoms with Crippen LogP contribution in [0.4, 0.5) is 34.1 Å². The predicted octanol–water partition coefficient (Wildman–Crippen LogP) is 7.67. The molecule has 0 atom stereocenters. The van der Waals surface area contributed by atoms with Crippen LogP contribution in [0.15, 0.2) is 144 Å². The number of anilines is 6. The Kier molecular flexibility index (Phi) is 4.41. The van der Waals surface area contributed by atoms with Gasteiger partial charge in [-0.25, -0.2) is 0 Å². The Morgan fingerprint density at radius 2 is 1.02 bits per heavy atom. The van der Waals surface area contributed by atoms with Gasteiger partial charge < -0.3 is 14.2 Å². The van der Waals surface area contributed by atoms with Crippen LogP contribution in [0.5, 0.6) is 0 Å². The fourth-order valence-corrected chi connectivity index (χ4v) is 6.81. The largest absolute Gasteiger partial charge is 0.456 e. The second-order valence-corrected chi connectivity index (χ2v) is 10.5. The molecular weight excluding hydrogens is 487 g/mol. The van der Waals surface area contributed by atoms with E-state index in [1.165, 1.54) is 33.5 Å². The van der Waals surface area contributed by atoms with Gasteiger partial charge in [-0.2, -0.15) is 0 Å². The summed E-state index contributed by atoms with van der Waals surface area (Å²) in [6.07, 6.45) is 0. The van der Waals surface area contributed by atoms with E-state index in [4.69, 9.17) is 4.42 Å². The molecule has 40 heavy (non-hydrogen) atoms. The van der Waals surface area contributed by atoms with Crippen LogP contribution in [0, 0.1) is 0 Å². The third-order valence-corrected chi connectivity index (χ3v) is 8.43. The average molecular weight is 510 g/mol. The van der Waals surface area contributed by atoms with Crippen LogP contribution in [0.1, 0.15) is 0 Å². The monoisotopic (exact) mass is 510 g/mol. The van der Waals surface area contributed by atoms with Gasteiger partial charge in [0.1, 0.15) is 11.2 Å². The molecule has 186 valence electrons. The van der Waals surface area contributed by atoms with Gasteiger partial charge in [-0.15, -0.1) is 0 Å². The molecule has 0 saturated carbocycles. The van der Waals surface area contributed by atoms with Crippen LogP contribution in [-0.2, 0) is 0 Å². The second kappa shape index (κ2) is 8.14. The Morgan fingerprint density at radius 3 is 1.77 bits per heavy atom. The SMILES string of the molecule is c1ccc(N2c3ccccc3B3c4cc5c(cc4N(c4ccccc4)c4cccc2c43)oc2ccccc25)cc1. The summed E-state index contributed by atoms with van der Waals surface area (Å²) >= 11 is 0. The van der Waals surface area contributed by atoms with E-state index in [0.29, 0.717) is 0 Å². The zero-order valence-corrected chi connectivity index (χ0v) is 21.7. The first-order chi connectivity index (χ1) is 19.9. The molecule has 0 unspecified atom stereocenters. The summed E-state index contributed by atoms with van der Waals surface area (Å²) in [6, 6.07) is 50.0. The molecule has 7 aromatic rings. The van der Waals surface area contributed by atoms with Crippen molar-refractivity contribution < 1.29 is 4.42 Å². The zero-order valence-electron chi connectivity index (χ0n) is 21.7. The lowest BCUT2D eigenvalue weighted by Gasteiger charge is -2.44. The third kappa shape index (κ3) is 2.90. The third-order valence-electron chi connectivity index (χ3n) is 8.43. The summed E-state index contributed by atoms with van der Waals surface area (Å²) in [7, 11) is 0. The molecule has 0 bridgehead atoms. The Bertz CT molecular complexity index is 2080. The molecule has 1 aromatic heterocycles. The molecule has 3 nitrogen and oxygen atoms in total. The van der Waals surface area contributed by atoms with Gasteiger partial charge in [0, 0.05) is 51.0 Å². The van der Waals surface area contributed by atoms with E-state index in [2.05, 4.69) is 143 Å². The van der Waals surface area contributed by atoms with E-state index in [-0.39, 0.29) is 6.71 Å². The molecule has 0 N–H and O–H groups in total. The smallest absolute Gasteiger partial charge is 0.252 e. The standard InChI is InChI=1S/C36H23BN2O/c1-3-12-24(13-4-1)38-30-18-9-8-17-28(30)37-29-22-27-26-16-7-10-21-34(26)40-35(27)23-33(29)39(25-14-5-2-6-15-25)32-20-11-19-31(38)36(32)37/h1-23H. The number of hydrogen-bond donors (Lipinski definition) is 0. The number of furan rings is 1. The Labute approximate surface area is 232 Å². The van der Waals surface area contributed by atoms with Crippen molar-refractivity contribution in [3.8, 4) is 0 Å². The Morgan fingerprint density at radius 1 is 0.425 bits per heavy atom. The molecule has 9 rings (SSSR count). The van der Waals surface area contributed by atoms with Crippen LogP contribution in [0.25, 0.3) is 21.9 Å². The van der Waals surface area contributed by atoms with Crippen LogP contribution in [0.2, 0.25) is 0 Å². The molecule has 2 aliphatic heterocycles. The van der Waals surface area contributed by atoms with Crippen LogP contribution in [-0.4, -0.2) is 6.71 Å². The lowest BCUT2D eigenvalue weighted by atomic mass is 9.33. The number of benzene rings is 6. The molecule has 0 fully saturated rings. The highest BCUT2D eigenvalue weighted by molar-refractivity contribution is 7.00. The first-order valence-electron chi connectivity index (χ1n) is 13.7. The molecule has 4 heteroatoms. The van der Waals surface area contributed by atoms with Crippen molar-refractivity contribution in [3.63, 3.8) is 0 Å². The van der Waals surface area contributed by atoms with Gasteiger partial charge in [0.15, 0.2) is 0 Å². The maximum absolute atomic E-state index is 6.41. The highest BCUT2D eigenvalue weighted by Gasteiger charge is 2.43. The topological polar surface area (TPSA) is 19.6 Å². The van der Waals surface area contributed by atoms with E-state index in [0.717, 1.165) is 39.0 Å². The van der Waals surface area contributed by atoms with Gasteiger partial charge in [0.2, 0.25) is 0 Å². The van der Waals surface area contributed by atoms with Gasteiger partial charge in [-0.05, 0) is 64.9 Å². The van der Waals surface area contributed by atoms with Crippen molar-refractivity contribution in [1.29, 1.82) is 0 Å². The van der Waals surface area contributed by atoms with E-state index in [1.807, 2.05) is 6.07 Å². The number of nitrogens with zero attached hydrogens (tertiary/aromatic N) is 2. The molecular formula is C36H23BN2O. The Balaban J connectivity index is 1.42. The van der Waals surface area contributed by atoms with Crippen molar-refractivity contribution in [1.82, 2.24) is 0 Å². The molecule has 0 saturated heterocycles. The highest BCUT2D eigenvalue weighted by atomic mass is 16.3. The summed E-state index contributed by atoms with van der Waals surface area (Å²) in [4.78, 5) is 4.83. The zero-order chi connectivity index (χ0) is 26.2. The normalized spacial score (nSPS) is 13.3. The highest BCUT2D eigenvalue weighted by Crippen LogP contribution is 2.44. The first-order valence-corrected chi connectivity index (χ1v) is 13.7. The number of fused-ring (bicyclic) bond motifs is 7. The molecule has 0 amide bonds. The summed E-state index contributed by atoms with van der Waals surface area (Å²) in [5, 5.41) is 2.31. The van der Waals surface area contributed by atoms with E-state index < -0.39 is 0 Å². The molecule has 6 aromatic carbocycles. The number of rotatable bonds is 2. The second-order valence-electron chi connectivity index (χ2n) is 10.5. The van der Waals surface area contributed by atoms with Gasteiger partial charge in [0.25, 0.3) is 6.71 Å². The first kappa shape index (κ1) is 21.7. The lowest BCUT2D eigenvalue weighted by molar-refractivity contribution is 0.669. The minimum absolute atomic E-state index is 0.0930. The summed E-state index contributed by atoms with van der Waals surface area (Å²) < 4.78 is 6.41. The molecule has 0 spiro atoms. The predicted molar refractivity (Wildman–Crippen MR) is 168 cm³/mol. The minimum atomic E-state index is 0.0930. The number of hydrogen-bond acceptors (Lipinski definition) is 3. The van der Waals surface area contributed by atoms with Gasteiger partial charge in [0.05, 0.1) is 0 Å². The number of para-hydroxylation sites is 4. The average Bonchev–Trinajstić information content (AvgIpc) is 3.38. The maximum Gasteiger partial charge on any atom is 0.252 e. The van der Waals surface area contributed by atoms with Gasteiger partial charge in [-0.1, -0.05) is 84.9 Å². The minimum Gasteiger partial charge on any atom is -0.456 e. The van der Waals surface area contributed by atoms with Gasteiger partial charge >= 0.3 is 0 Å². The Hall–Kier alpha value is -5.22. The van der Waals surface area contributed by atoms with Crippen LogP contribution in [0.3, 0.4) is 0 Å². The van der Waals surface area contributed by atoms with Crippen molar-refractivity contribution in [2.45, 2.75) is 0 Å². The fourth-order valence-electron chi connectivity index (χ4n) is 6.81. The van der Waals surface area contributed by atoms with E-state index in [1.54, 1.807) is 0 Å². The quantitative estimate of drug-likeness (QED) is 0.223. The lowest BCUT2D eigenvalue weighted by Crippen LogP contribution is -2.61. The van der Waals surface area contributed by atoms with Crippen molar-refractivity contribution in [2.24, 2.45) is 0 Å². The van der Waals surface area contributed by atoms with Crippen molar-refractivity contribution in [2.75, 3.05) is 9.80 Å². The maximum atomic E-state index is 6.41. The summed E-state index contributed by atoms with van der Waals surface area (Å²) in [6.45, 7) is 0.0930. The van der Waals surface area contributed by atoms with Gasteiger partial charge in [-0.3, -0.25) is 0 Å². The summed E-state index contributed by atoms with van der Waals surface area (Å²) in [5.41, 5.74) is 12.9. The van der Waals surface area contributed by atoms with Crippen LogP contribution < -0.4 is 26.2 Å². The van der Waals surface area contributed by atoms with E-state index >= 15 is 0 Å². The summed E-state index contributed by atoms with van der Waals surface area (Å²) in [5.74, 6) is 0. The molecule has 3 heterocycles. The molecule has 0 aliphatic carbocycles. The van der Waals surface area contributed by atoms with Crippen molar-refractivity contribution >= 4 is 79.2 Å². The van der Waals surface area contributed by atoms with E-state index in [9.17, 15) is 0 Å².